The van der Waals surface area contributed by atoms with Crippen molar-refractivity contribution in [2.45, 2.75) is 34.6 Å². The first kappa shape index (κ1) is 19.9. The average Bonchev–Trinajstić information content (AvgIpc) is 2.56. The lowest BCUT2D eigenvalue weighted by Crippen LogP contribution is -2.34. The highest BCUT2D eigenvalue weighted by atomic mass is 32.1. The SMILES string of the molecule is Cc1cc(C)c(NC(=S)NC(=O)c2ccc(OCC(C)C)cc2)c(C)c1. The van der Waals surface area contributed by atoms with E-state index in [0.29, 0.717) is 18.1 Å². The van der Waals surface area contributed by atoms with Crippen LogP contribution < -0.4 is 15.4 Å². The van der Waals surface area contributed by atoms with Crippen molar-refractivity contribution in [1.82, 2.24) is 5.32 Å². The maximum absolute atomic E-state index is 12.4. The number of rotatable bonds is 5. The summed E-state index contributed by atoms with van der Waals surface area (Å²) in [5.41, 5.74) is 4.83. The number of nitrogens with one attached hydrogen (secondary N) is 2. The van der Waals surface area contributed by atoms with Gasteiger partial charge in [-0.1, -0.05) is 31.5 Å². The Labute approximate surface area is 161 Å². The summed E-state index contributed by atoms with van der Waals surface area (Å²) in [5.74, 6) is 0.956. The monoisotopic (exact) mass is 370 g/mol. The maximum atomic E-state index is 12.4. The summed E-state index contributed by atoms with van der Waals surface area (Å²) >= 11 is 5.29. The number of carbonyl (C=O) groups excluding carboxylic acids is 1. The van der Waals surface area contributed by atoms with Crippen LogP contribution in [0.5, 0.6) is 5.75 Å². The second kappa shape index (κ2) is 8.81. The molecule has 2 aromatic carbocycles. The summed E-state index contributed by atoms with van der Waals surface area (Å²) in [5, 5.41) is 6.13. The Morgan fingerprint density at radius 1 is 1.08 bits per heavy atom. The van der Waals surface area contributed by atoms with Crippen LogP contribution in [0.3, 0.4) is 0 Å². The van der Waals surface area contributed by atoms with Gasteiger partial charge in [-0.3, -0.25) is 10.1 Å². The van der Waals surface area contributed by atoms with Crippen LogP contribution in [0.25, 0.3) is 0 Å². The summed E-state index contributed by atoms with van der Waals surface area (Å²) in [6, 6.07) is 11.2. The molecule has 138 valence electrons. The number of anilines is 1. The van der Waals surface area contributed by atoms with Gasteiger partial charge < -0.3 is 10.1 Å². The molecule has 0 fully saturated rings. The van der Waals surface area contributed by atoms with E-state index in [1.807, 2.05) is 13.8 Å². The number of hydrogen-bond acceptors (Lipinski definition) is 3. The fraction of sp³-hybridized carbons (Fsp3) is 0.333. The van der Waals surface area contributed by atoms with Gasteiger partial charge >= 0.3 is 0 Å². The second-order valence-electron chi connectivity index (χ2n) is 6.91. The third kappa shape index (κ3) is 5.56. The van der Waals surface area contributed by atoms with E-state index in [1.54, 1.807) is 24.3 Å². The molecule has 0 radical (unpaired) electrons. The Bertz CT molecular complexity index is 775. The lowest BCUT2D eigenvalue weighted by atomic mass is 10.1. The quantitative estimate of drug-likeness (QED) is 0.744. The van der Waals surface area contributed by atoms with Crippen molar-refractivity contribution in [2.75, 3.05) is 11.9 Å². The zero-order valence-corrected chi connectivity index (χ0v) is 16.8. The molecule has 2 N–H and O–H groups in total. The summed E-state index contributed by atoms with van der Waals surface area (Å²) < 4.78 is 5.63. The highest BCUT2D eigenvalue weighted by Gasteiger charge is 2.11. The highest BCUT2D eigenvalue weighted by molar-refractivity contribution is 7.80. The van der Waals surface area contributed by atoms with Gasteiger partial charge in [0.2, 0.25) is 0 Å². The molecular weight excluding hydrogens is 344 g/mol. The number of ether oxygens (including phenoxy) is 1. The van der Waals surface area contributed by atoms with Gasteiger partial charge in [-0.25, -0.2) is 0 Å². The molecule has 0 saturated carbocycles. The predicted molar refractivity (Wildman–Crippen MR) is 111 cm³/mol. The molecule has 4 nitrogen and oxygen atoms in total. The number of hydrogen-bond donors (Lipinski definition) is 2. The molecule has 0 atom stereocenters. The van der Waals surface area contributed by atoms with E-state index in [-0.39, 0.29) is 11.0 Å². The molecule has 26 heavy (non-hydrogen) atoms. The van der Waals surface area contributed by atoms with E-state index < -0.39 is 0 Å². The molecule has 0 heterocycles. The molecule has 0 aliphatic carbocycles. The van der Waals surface area contributed by atoms with Gasteiger partial charge in [-0.05, 0) is 74.3 Å². The lowest BCUT2D eigenvalue weighted by molar-refractivity contribution is 0.0977. The van der Waals surface area contributed by atoms with Crippen molar-refractivity contribution in [1.29, 1.82) is 0 Å². The first-order valence-electron chi connectivity index (χ1n) is 8.69. The second-order valence-corrected chi connectivity index (χ2v) is 7.32. The van der Waals surface area contributed by atoms with E-state index in [9.17, 15) is 4.79 Å². The van der Waals surface area contributed by atoms with Gasteiger partial charge in [-0.15, -0.1) is 0 Å². The van der Waals surface area contributed by atoms with Crippen molar-refractivity contribution in [3.8, 4) is 5.75 Å². The van der Waals surface area contributed by atoms with Gasteiger partial charge in [0, 0.05) is 11.3 Å². The molecule has 2 aromatic rings. The lowest BCUT2D eigenvalue weighted by Gasteiger charge is -2.15. The van der Waals surface area contributed by atoms with Crippen LogP contribution in [-0.4, -0.2) is 17.6 Å². The number of benzene rings is 2. The van der Waals surface area contributed by atoms with E-state index in [4.69, 9.17) is 17.0 Å². The standard InChI is InChI=1S/C21H26N2O2S/c1-13(2)12-25-18-8-6-17(7-9-18)20(24)23-21(26)22-19-15(4)10-14(3)11-16(19)5/h6-11,13H,12H2,1-5H3,(H2,22,23,24,26). The summed E-state index contributed by atoms with van der Waals surface area (Å²) in [4.78, 5) is 12.4. The smallest absolute Gasteiger partial charge is 0.257 e. The van der Waals surface area contributed by atoms with Crippen molar-refractivity contribution in [3.63, 3.8) is 0 Å². The van der Waals surface area contributed by atoms with Crippen LogP contribution >= 0.6 is 12.2 Å². The summed E-state index contributed by atoms with van der Waals surface area (Å²) in [7, 11) is 0. The van der Waals surface area contributed by atoms with Crippen LogP contribution in [0.1, 0.15) is 40.9 Å². The molecule has 0 saturated heterocycles. The average molecular weight is 371 g/mol. The van der Waals surface area contributed by atoms with Gasteiger partial charge in [0.15, 0.2) is 5.11 Å². The molecule has 0 aliphatic heterocycles. The Morgan fingerprint density at radius 3 is 2.19 bits per heavy atom. The molecule has 0 bridgehead atoms. The normalized spacial score (nSPS) is 10.5. The van der Waals surface area contributed by atoms with E-state index in [0.717, 1.165) is 22.6 Å². The zero-order valence-electron chi connectivity index (χ0n) is 16.0. The molecule has 0 unspecified atom stereocenters. The fourth-order valence-corrected chi connectivity index (χ4v) is 2.86. The highest BCUT2D eigenvalue weighted by Crippen LogP contribution is 2.21. The minimum atomic E-state index is -0.250. The van der Waals surface area contributed by atoms with Crippen molar-refractivity contribution in [2.24, 2.45) is 5.92 Å². The Morgan fingerprint density at radius 2 is 1.65 bits per heavy atom. The number of carbonyl (C=O) groups is 1. The Balaban J connectivity index is 1.98. The minimum Gasteiger partial charge on any atom is -0.493 e. The maximum Gasteiger partial charge on any atom is 0.257 e. The van der Waals surface area contributed by atoms with E-state index in [2.05, 4.69) is 43.5 Å². The van der Waals surface area contributed by atoms with Gasteiger partial charge in [0.25, 0.3) is 5.91 Å². The molecule has 0 spiro atoms. The Hall–Kier alpha value is -2.40. The minimum absolute atomic E-state index is 0.250. The van der Waals surface area contributed by atoms with Crippen LogP contribution in [0.4, 0.5) is 5.69 Å². The molecule has 1 amide bonds. The first-order chi connectivity index (χ1) is 12.3. The number of thiocarbonyl (C=S) groups is 1. The van der Waals surface area contributed by atoms with Crippen LogP contribution in [0.2, 0.25) is 0 Å². The van der Waals surface area contributed by atoms with Crippen LogP contribution in [0, 0.1) is 26.7 Å². The topological polar surface area (TPSA) is 50.4 Å². The van der Waals surface area contributed by atoms with Gasteiger partial charge in [0.1, 0.15) is 5.75 Å². The van der Waals surface area contributed by atoms with Crippen molar-refractivity contribution in [3.05, 3.63) is 58.7 Å². The first-order valence-corrected chi connectivity index (χ1v) is 9.10. The van der Waals surface area contributed by atoms with Crippen LogP contribution in [0.15, 0.2) is 36.4 Å². The predicted octanol–water partition coefficient (Wildman–Crippen LogP) is 4.77. The fourth-order valence-electron chi connectivity index (χ4n) is 2.66. The molecular formula is C21H26N2O2S. The van der Waals surface area contributed by atoms with Crippen LogP contribution in [-0.2, 0) is 0 Å². The number of amides is 1. The van der Waals surface area contributed by atoms with Gasteiger partial charge in [0.05, 0.1) is 6.61 Å². The number of aryl methyl sites for hydroxylation is 3. The largest absolute Gasteiger partial charge is 0.493 e. The molecule has 2 rings (SSSR count). The zero-order chi connectivity index (χ0) is 19.3. The molecule has 0 aliphatic rings. The van der Waals surface area contributed by atoms with E-state index in [1.165, 1.54) is 5.56 Å². The summed E-state index contributed by atoms with van der Waals surface area (Å²) in [6.07, 6.45) is 0. The molecule has 0 aromatic heterocycles. The van der Waals surface area contributed by atoms with Gasteiger partial charge in [-0.2, -0.15) is 0 Å². The van der Waals surface area contributed by atoms with E-state index >= 15 is 0 Å². The van der Waals surface area contributed by atoms with Crippen molar-refractivity contribution >= 4 is 28.9 Å². The van der Waals surface area contributed by atoms with Crippen molar-refractivity contribution < 1.29 is 9.53 Å². The Kier molecular flexibility index (Phi) is 6.75. The third-order valence-corrected chi connectivity index (χ3v) is 4.05. The molecule has 5 heteroatoms. The third-order valence-electron chi connectivity index (χ3n) is 3.84. The summed E-state index contributed by atoms with van der Waals surface area (Å²) in [6.45, 7) is 10.9.